The van der Waals surface area contributed by atoms with E-state index in [0.29, 0.717) is 11.6 Å². The molecule has 0 saturated carbocycles. The molecule has 4 atom stereocenters. The number of carbonyl (C=O) groups is 3. The Kier molecular flexibility index (Phi) is 10.9. The van der Waals surface area contributed by atoms with E-state index < -0.39 is 6.04 Å². The predicted molar refractivity (Wildman–Crippen MR) is 127 cm³/mol. The molecule has 1 rings (SSSR count). The number of piperidine rings is 1. The summed E-state index contributed by atoms with van der Waals surface area (Å²) >= 11 is 0. The summed E-state index contributed by atoms with van der Waals surface area (Å²) in [5.74, 6) is -0.0450. The number of hydrogen-bond acceptors (Lipinski definition) is 4. The van der Waals surface area contributed by atoms with Crippen LogP contribution in [0.2, 0.25) is 0 Å². The van der Waals surface area contributed by atoms with Gasteiger partial charge in [-0.25, -0.2) is 0 Å². The number of carbonyl (C=O) groups excluding carboxylic acids is 3. The molecular formula is C25H45N3O3. The maximum absolute atomic E-state index is 13.5. The van der Waals surface area contributed by atoms with E-state index in [1.165, 1.54) is 6.92 Å². The lowest BCUT2D eigenvalue weighted by Gasteiger charge is -2.40. The topological polar surface area (TPSA) is 69.7 Å². The van der Waals surface area contributed by atoms with E-state index in [0.717, 1.165) is 32.2 Å². The highest BCUT2D eigenvalue weighted by molar-refractivity contribution is 5.93. The summed E-state index contributed by atoms with van der Waals surface area (Å²) < 4.78 is 0. The van der Waals surface area contributed by atoms with Crippen molar-refractivity contribution in [2.75, 3.05) is 13.6 Å². The van der Waals surface area contributed by atoms with Gasteiger partial charge in [-0.2, -0.15) is 0 Å². The van der Waals surface area contributed by atoms with Gasteiger partial charge in [0.25, 0.3) is 0 Å². The highest BCUT2D eigenvalue weighted by Gasteiger charge is 2.36. The first kappa shape index (κ1) is 27.3. The highest BCUT2D eigenvalue weighted by Crippen LogP contribution is 2.22. The van der Waals surface area contributed by atoms with Crippen LogP contribution in [0.25, 0.3) is 0 Å². The van der Waals surface area contributed by atoms with E-state index in [1.807, 2.05) is 33.8 Å². The molecule has 2 amide bonds. The Morgan fingerprint density at radius 3 is 2.16 bits per heavy atom. The Balaban J connectivity index is 3.06. The molecule has 1 N–H and O–H groups in total. The molecule has 6 heteroatoms. The zero-order chi connectivity index (χ0) is 23.9. The average Bonchev–Trinajstić information content (AvgIpc) is 2.73. The lowest BCUT2D eigenvalue weighted by molar-refractivity contribution is -0.140. The first-order chi connectivity index (χ1) is 14.4. The number of amides is 2. The molecule has 0 radical (unpaired) electrons. The second kappa shape index (κ2) is 12.4. The quantitative estimate of drug-likeness (QED) is 0.530. The summed E-state index contributed by atoms with van der Waals surface area (Å²) in [6.45, 7) is 16.6. The molecular weight excluding hydrogens is 390 g/mol. The van der Waals surface area contributed by atoms with E-state index in [4.69, 9.17) is 0 Å². The molecule has 1 heterocycles. The number of nitrogens with one attached hydrogen (secondary N) is 1. The van der Waals surface area contributed by atoms with Crippen LogP contribution in [0.1, 0.15) is 81.1 Å². The Morgan fingerprint density at radius 2 is 1.68 bits per heavy atom. The van der Waals surface area contributed by atoms with Gasteiger partial charge in [0.15, 0.2) is 5.78 Å². The van der Waals surface area contributed by atoms with Gasteiger partial charge in [0.1, 0.15) is 6.04 Å². The molecule has 1 fully saturated rings. The molecule has 1 aliphatic rings. The minimum Gasteiger partial charge on any atom is -0.343 e. The number of nitrogens with zero attached hydrogens (tertiary/aromatic N) is 2. The van der Waals surface area contributed by atoms with Crippen LogP contribution >= 0.6 is 0 Å². The normalized spacial score (nSPS) is 21.0. The number of rotatable bonds is 10. The zero-order valence-corrected chi connectivity index (χ0v) is 21.2. The SMILES string of the molecule is CCC(C)N1CCCCC1C(=O)NC(C(=O)N(C)C(/C=C(\C)C(C)=O)C(C)C)C(C)C. The van der Waals surface area contributed by atoms with Crippen LogP contribution in [0.4, 0.5) is 0 Å². The molecule has 4 unspecified atom stereocenters. The van der Waals surface area contributed by atoms with Crippen LogP contribution in [-0.2, 0) is 14.4 Å². The monoisotopic (exact) mass is 435 g/mol. The largest absolute Gasteiger partial charge is 0.343 e. The van der Waals surface area contributed by atoms with Crippen LogP contribution in [0.3, 0.4) is 0 Å². The Bertz CT molecular complexity index is 656. The third-order valence-electron chi connectivity index (χ3n) is 6.69. The zero-order valence-electron chi connectivity index (χ0n) is 21.2. The lowest BCUT2D eigenvalue weighted by atomic mass is 9.95. The van der Waals surface area contributed by atoms with Crippen LogP contribution in [0.5, 0.6) is 0 Å². The van der Waals surface area contributed by atoms with Gasteiger partial charge in [-0.15, -0.1) is 0 Å². The van der Waals surface area contributed by atoms with Crippen LogP contribution in [0, 0.1) is 11.8 Å². The van der Waals surface area contributed by atoms with Crippen molar-refractivity contribution in [1.82, 2.24) is 15.1 Å². The summed E-state index contributed by atoms with van der Waals surface area (Å²) in [7, 11) is 1.77. The van der Waals surface area contributed by atoms with Crippen molar-refractivity contribution < 1.29 is 14.4 Å². The van der Waals surface area contributed by atoms with Crippen molar-refractivity contribution in [2.24, 2.45) is 11.8 Å². The lowest BCUT2D eigenvalue weighted by Crippen LogP contribution is -2.59. The van der Waals surface area contributed by atoms with Crippen molar-refractivity contribution in [1.29, 1.82) is 0 Å². The average molecular weight is 436 g/mol. The first-order valence-electron chi connectivity index (χ1n) is 11.9. The molecule has 0 aliphatic carbocycles. The van der Waals surface area contributed by atoms with Gasteiger partial charge >= 0.3 is 0 Å². The summed E-state index contributed by atoms with van der Waals surface area (Å²) in [4.78, 5) is 42.4. The van der Waals surface area contributed by atoms with Crippen LogP contribution in [-0.4, -0.2) is 65.2 Å². The number of likely N-dealkylation sites (tertiary alicyclic amines) is 1. The first-order valence-corrected chi connectivity index (χ1v) is 11.9. The standard InChI is InChI=1S/C25H45N3O3/c1-10-19(7)28-14-12-11-13-21(28)24(30)26-23(17(4)5)25(31)27(9)22(16(2)3)15-18(6)20(8)29/h15-17,19,21-23H,10-14H2,1-9H3,(H,26,30)/b18-15+. The Hall–Kier alpha value is -1.69. The van der Waals surface area contributed by atoms with E-state index in [1.54, 1.807) is 18.9 Å². The molecule has 6 nitrogen and oxygen atoms in total. The van der Waals surface area contributed by atoms with Crippen molar-refractivity contribution in [2.45, 2.75) is 105 Å². The molecule has 31 heavy (non-hydrogen) atoms. The summed E-state index contributed by atoms with van der Waals surface area (Å²) in [6, 6.07) is -0.632. The maximum atomic E-state index is 13.5. The number of allylic oxidation sites excluding steroid dienone is 1. The number of ketones is 1. The molecule has 1 aliphatic heterocycles. The van der Waals surface area contributed by atoms with E-state index in [-0.39, 0.29) is 41.5 Å². The van der Waals surface area contributed by atoms with Gasteiger partial charge in [0.05, 0.1) is 12.1 Å². The van der Waals surface area contributed by atoms with Crippen LogP contribution < -0.4 is 5.32 Å². The molecule has 0 bridgehead atoms. The predicted octanol–water partition coefficient (Wildman–Crippen LogP) is 3.80. The van der Waals surface area contributed by atoms with Crippen molar-refractivity contribution in [3.8, 4) is 0 Å². The van der Waals surface area contributed by atoms with E-state index >= 15 is 0 Å². The van der Waals surface area contributed by atoms with Crippen molar-refractivity contribution in [3.05, 3.63) is 11.6 Å². The van der Waals surface area contributed by atoms with Gasteiger partial charge in [-0.3, -0.25) is 19.3 Å². The van der Waals surface area contributed by atoms with E-state index in [2.05, 4.69) is 24.1 Å². The maximum Gasteiger partial charge on any atom is 0.245 e. The third kappa shape index (κ3) is 7.44. The van der Waals surface area contributed by atoms with Gasteiger partial charge < -0.3 is 10.2 Å². The van der Waals surface area contributed by atoms with Crippen molar-refractivity contribution >= 4 is 17.6 Å². The molecule has 178 valence electrons. The fourth-order valence-corrected chi connectivity index (χ4v) is 4.25. The van der Waals surface area contributed by atoms with E-state index in [9.17, 15) is 14.4 Å². The molecule has 0 spiro atoms. The van der Waals surface area contributed by atoms with Gasteiger partial charge in [0.2, 0.25) is 11.8 Å². The second-order valence-corrected chi connectivity index (χ2v) is 9.83. The number of hydrogen-bond donors (Lipinski definition) is 1. The Morgan fingerprint density at radius 1 is 1.06 bits per heavy atom. The summed E-state index contributed by atoms with van der Waals surface area (Å²) in [5.41, 5.74) is 0.648. The number of Topliss-reactive ketones (excluding diaryl/α,β-unsaturated/α-hetero) is 1. The summed E-state index contributed by atoms with van der Waals surface area (Å²) in [6.07, 6.45) is 5.85. The molecule has 0 aromatic heterocycles. The minimum absolute atomic E-state index is 0.00245. The summed E-state index contributed by atoms with van der Waals surface area (Å²) in [5, 5.41) is 3.09. The molecule has 0 aromatic carbocycles. The van der Waals surface area contributed by atoms with Crippen molar-refractivity contribution in [3.63, 3.8) is 0 Å². The Labute approximate surface area is 189 Å². The minimum atomic E-state index is -0.592. The fourth-order valence-electron chi connectivity index (χ4n) is 4.25. The second-order valence-electron chi connectivity index (χ2n) is 9.83. The van der Waals surface area contributed by atoms with Gasteiger partial charge in [-0.1, -0.05) is 47.1 Å². The van der Waals surface area contributed by atoms with Crippen LogP contribution in [0.15, 0.2) is 11.6 Å². The van der Waals surface area contributed by atoms with Gasteiger partial charge in [-0.05, 0) is 64.0 Å². The fraction of sp³-hybridized carbons (Fsp3) is 0.800. The molecule has 0 aromatic rings. The smallest absolute Gasteiger partial charge is 0.245 e. The third-order valence-corrected chi connectivity index (χ3v) is 6.69. The number of likely N-dealkylation sites (N-methyl/N-ethyl adjacent to an activating group) is 1. The van der Waals surface area contributed by atoms with Gasteiger partial charge in [0, 0.05) is 13.1 Å². The molecule has 1 saturated heterocycles. The highest BCUT2D eigenvalue weighted by atomic mass is 16.2.